The smallest absolute Gasteiger partial charge is 0.244 e. The topological polar surface area (TPSA) is 108 Å². The largest absolute Gasteiger partial charge is 0.383 e. The molecule has 1 aromatic rings. The Labute approximate surface area is 148 Å². The first-order valence-electron chi connectivity index (χ1n) is 8.17. The first-order chi connectivity index (χ1) is 11.8. The van der Waals surface area contributed by atoms with Crippen molar-refractivity contribution in [2.24, 2.45) is 5.41 Å². The minimum Gasteiger partial charge on any atom is -0.383 e. The Balaban J connectivity index is 2.07. The van der Waals surface area contributed by atoms with Crippen LogP contribution in [0.4, 0.5) is 5.69 Å². The summed E-state index contributed by atoms with van der Waals surface area (Å²) in [7, 11) is -2.15. The van der Waals surface area contributed by atoms with Gasteiger partial charge in [0.15, 0.2) is 0 Å². The van der Waals surface area contributed by atoms with Gasteiger partial charge in [0.1, 0.15) is 5.41 Å². The summed E-state index contributed by atoms with van der Waals surface area (Å²) < 4.78 is 31.9. The van der Waals surface area contributed by atoms with E-state index in [-0.39, 0.29) is 23.5 Å². The van der Waals surface area contributed by atoms with E-state index in [2.05, 4.69) is 16.1 Å². The summed E-state index contributed by atoms with van der Waals surface area (Å²) in [5.41, 5.74) is -0.502. The molecule has 1 atom stereocenters. The fraction of sp³-hybridized carbons (Fsp3) is 0.529. The lowest BCUT2D eigenvalue weighted by molar-refractivity contribution is -0.122. The van der Waals surface area contributed by atoms with Crippen molar-refractivity contribution in [1.29, 1.82) is 5.26 Å². The molecule has 1 fully saturated rings. The average Bonchev–Trinajstić information content (AvgIpc) is 3.05. The van der Waals surface area contributed by atoms with Gasteiger partial charge in [-0.1, -0.05) is 12.8 Å². The Morgan fingerprint density at radius 1 is 1.32 bits per heavy atom. The summed E-state index contributed by atoms with van der Waals surface area (Å²) in [5.74, 6) is -0.324. The van der Waals surface area contributed by atoms with Crippen LogP contribution in [0.15, 0.2) is 29.2 Å². The number of carbonyl (C=O) groups is 1. The first-order valence-corrected chi connectivity index (χ1v) is 9.65. The number of benzene rings is 1. The molecule has 136 valence electrons. The molecule has 1 aliphatic rings. The van der Waals surface area contributed by atoms with Crippen molar-refractivity contribution >= 4 is 21.6 Å². The highest BCUT2D eigenvalue weighted by Crippen LogP contribution is 2.38. The van der Waals surface area contributed by atoms with Crippen molar-refractivity contribution in [1.82, 2.24) is 4.72 Å². The Bertz CT molecular complexity index is 747. The quantitative estimate of drug-likeness (QED) is 0.768. The molecule has 7 nitrogen and oxygen atoms in total. The van der Waals surface area contributed by atoms with Gasteiger partial charge in [0.05, 0.1) is 17.6 Å². The Morgan fingerprint density at radius 2 is 1.92 bits per heavy atom. The molecule has 8 heteroatoms. The van der Waals surface area contributed by atoms with Crippen LogP contribution in [-0.2, 0) is 19.6 Å². The third kappa shape index (κ3) is 4.57. The number of hydrogen-bond acceptors (Lipinski definition) is 5. The van der Waals surface area contributed by atoms with Crippen molar-refractivity contribution in [3.05, 3.63) is 24.3 Å². The number of sulfonamides is 1. The van der Waals surface area contributed by atoms with Crippen LogP contribution in [0.2, 0.25) is 0 Å². The highest BCUT2D eigenvalue weighted by Gasteiger charge is 2.41. The maximum absolute atomic E-state index is 12.4. The number of amides is 1. The van der Waals surface area contributed by atoms with Gasteiger partial charge in [-0.3, -0.25) is 4.79 Å². The lowest BCUT2D eigenvalue weighted by Gasteiger charge is -2.19. The molecule has 0 aromatic heterocycles. The molecule has 25 heavy (non-hydrogen) atoms. The molecule has 1 amide bonds. The third-order valence-electron chi connectivity index (χ3n) is 4.30. The zero-order valence-corrected chi connectivity index (χ0v) is 15.2. The second-order valence-corrected chi connectivity index (χ2v) is 8.07. The molecular weight excluding hydrogens is 342 g/mol. The number of methoxy groups -OCH3 is 1. The summed E-state index contributed by atoms with van der Waals surface area (Å²) >= 11 is 0. The van der Waals surface area contributed by atoms with Crippen molar-refractivity contribution in [3.63, 3.8) is 0 Å². The van der Waals surface area contributed by atoms with Crippen LogP contribution in [0.3, 0.4) is 0 Å². The van der Waals surface area contributed by atoms with E-state index in [0.717, 1.165) is 12.8 Å². The van der Waals surface area contributed by atoms with Crippen molar-refractivity contribution in [2.45, 2.75) is 43.5 Å². The van der Waals surface area contributed by atoms with Crippen LogP contribution >= 0.6 is 0 Å². The number of nitrogens with zero attached hydrogens (tertiary/aromatic N) is 1. The van der Waals surface area contributed by atoms with E-state index in [4.69, 9.17) is 4.74 Å². The van der Waals surface area contributed by atoms with Gasteiger partial charge in [0, 0.05) is 18.8 Å². The number of nitrogens with one attached hydrogen (secondary N) is 2. The van der Waals surface area contributed by atoms with Crippen molar-refractivity contribution < 1.29 is 17.9 Å². The summed E-state index contributed by atoms with van der Waals surface area (Å²) in [6, 6.07) is 7.67. The minimum absolute atomic E-state index is 0.101. The van der Waals surface area contributed by atoms with Crippen LogP contribution in [-0.4, -0.2) is 34.1 Å². The zero-order chi connectivity index (χ0) is 18.5. The number of hydrogen-bond donors (Lipinski definition) is 2. The van der Waals surface area contributed by atoms with Gasteiger partial charge in [0.25, 0.3) is 0 Å². The van der Waals surface area contributed by atoms with E-state index in [1.807, 2.05) is 0 Å². The lowest BCUT2D eigenvalue weighted by Crippen LogP contribution is -2.35. The van der Waals surface area contributed by atoms with Gasteiger partial charge in [-0.05, 0) is 44.0 Å². The van der Waals surface area contributed by atoms with Gasteiger partial charge in [-0.2, -0.15) is 5.26 Å². The zero-order valence-electron chi connectivity index (χ0n) is 14.4. The SMILES string of the molecule is COCC(C)NS(=O)(=O)c1ccc(NC(=O)C2(C#N)CCCC2)cc1. The highest BCUT2D eigenvalue weighted by molar-refractivity contribution is 7.89. The first kappa shape index (κ1) is 19.4. The molecule has 1 aliphatic carbocycles. The highest BCUT2D eigenvalue weighted by atomic mass is 32.2. The number of nitriles is 1. The number of anilines is 1. The molecule has 0 aliphatic heterocycles. The second-order valence-electron chi connectivity index (χ2n) is 6.36. The van der Waals surface area contributed by atoms with Crippen molar-refractivity contribution in [2.75, 3.05) is 19.0 Å². The predicted molar refractivity (Wildman–Crippen MR) is 93.2 cm³/mol. The molecule has 0 spiro atoms. The van der Waals surface area contributed by atoms with Crippen LogP contribution in [0.1, 0.15) is 32.6 Å². The molecule has 1 unspecified atom stereocenters. The maximum atomic E-state index is 12.4. The maximum Gasteiger partial charge on any atom is 0.244 e. The minimum atomic E-state index is -3.65. The van der Waals surface area contributed by atoms with Gasteiger partial charge in [-0.15, -0.1) is 0 Å². The van der Waals surface area contributed by atoms with Crippen LogP contribution in [0.5, 0.6) is 0 Å². The summed E-state index contributed by atoms with van der Waals surface area (Å²) in [6.45, 7) is 1.97. The monoisotopic (exact) mass is 365 g/mol. The number of ether oxygens (including phenoxy) is 1. The molecule has 2 N–H and O–H groups in total. The van der Waals surface area contributed by atoms with Crippen LogP contribution in [0.25, 0.3) is 0 Å². The molecule has 1 aromatic carbocycles. The average molecular weight is 365 g/mol. The molecule has 0 saturated heterocycles. The standard InChI is InChI=1S/C17H23N3O4S/c1-13(11-24-2)20-25(22,23)15-7-5-14(6-8-15)19-16(21)17(12-18)9-3-4-10-17/h5-8,13,20H,3-4,9-11H2,1-2H3,(H,19,21). The molecular formula is C17H23N3O4S. The number of carbonyl (C=O) groups excluding carboxylic acids is 1. The molecule has 2 rings (SSSR count). The van der Waals surface area contributed by atoms with Crippen LogP contribution in [0, 0.1) is 16.7 Å². The van der Waals surface area contributed by atoms with Gasteiger partial charge in [-0.25, -0.2) is 13.1 Å². The van der Waals surface area contributed by atoms with Gasteiger partial charge in [0.2, 0.25) is 15.9 Å². The lowest BCUT2D eigenvalue weighted by atomic mass is 9.87. The second kappa shape index (κ2) is 7.95. The summed E-state index contributed by atoms with van der Waals surface area (Å²) in [6.07, 6.45) is 2.85. The molecule has 0 heterocycles. The van der Waals surface area contributed by atoms with Crippen molar-refractivity contribution in [3.8, 4) is 6.07 Å². The fourth-order valence-electron chi connectivity index (χ4n) is 2.95. The Hall–Kier alpha value is -1.95. The Kier molecular flexibility index (Phi) is 6.16. The van der Waals surface area contributed by atoms with E-state index < -0.39 is 15.4 Å². The molecule has 1 saturated carbocycles. The molecule has 0 radical (unpaired) electrons. The van der Waals surface area contributed by atoms with E-state index in [1.165, 1.54) is 31.4 Å². The van der Waals surface area contributed by atoms with Gasteiger partial charge >= 0.3 is 0 Å². The van der Waals surface area contributed by atoms with Crippen LogP contribution < -0.4 is 10.0 Å². The Morgan fingerprint density at radius 3 is 2.44 bits per heavy atom. The summed E-state index contributed by atoms with van der Waals surface area (Å²) in [4.78, 5) is 12.5. The van der Waals surface area contributed by atoms with E-state index in [0.29, 0.717) is 18.5 Å². The normalized spacial score (nSPS) is 17.6. The van der Waals surface area contributed by atoms with E-state index >= 15 is 0 Å². The fourth-order valence-corrected chi connectivity index (χ4v) is 4.18. The number of rotatable bonds is 7. The van der Waals surface area contributed by atoms with E-state index in [9.17, 15) is 18.5 Å². The molecule has 0 bridgehead atoms. The third-order valence-corrected chi connectivity index (χ3v) is 5.91. The van der Waals surface area contributed by atoms with Gasteiger partial charge < -0.3 is 10.1 Å². The summed E-state index contributed by atoms with van der Waals surface area (Å²) in [5, 5.41) is 12.1. The predicted octanol–water partition coefficient (Wildman–Crippen LogP) is 2.02. The van der Waals surface area contributed by atoms with E-state index in [1.54, 1.807) is 6.92 Å².